The molecule has 0 bridgehead atoms. The Labute approximate surface area is 130 Å². The number of carbonyl (C=O) groups is 1. The summed E-state index contributed by atoms with van der Waals surface area (Å²) in [7, 11) is -3.47. The molecule has 0 fully saturated rings. The molecule has 4 N–H and O–H groups in total. The van der Waals surface area contributed by atoms with Crippen LogP contribution < -0.4 is 11.5 Å². The number of hydrogen-bond acceptors (Lipinski definition) is 3. The molecule has 1 rings (SSSR count). The first kappa shape index (κ1) is 17.9. The summed E-state index contributed by atoms with van der Waals surface area (Å²) in [5, 5.41) is 0. The maximum Gasteiger partial charge on any atom is 0.280 e. The summed E-state index contributed by atoms with van der Waals surface area (Å²) in [6.45, 7) is 3.73. The van der Waals surface area contributed by atoms with E-state index in [9.17, 15) is 13.2 Å². The van der Waals surface area contributed by atoms with Crippen molar-refractivity contribution in [3.63, 3.8) is 0 Å². The van der Waals surface area contributed by atoms with Crippen LogP contribution in [0, 0.1) is 0 Å². The molecule has 1 aromatic rings. The van der Waals surface area contributed by atoms with Gasteiger partial charge in [-0.3, -0.25) is 4.79 Å². The van der Waals surface area contributed by atoms with Gasteiger partial charge in [0, 0.05) is 11.8 Å². The molecule has 1 aromatic carbocycles. The van der Waals surface area contributed by atoms with E-state index in [2.05, 4.69) is 4.99 Å². The highest BCUT2D eigenvalue weighted by Gasteiger charge is 2.19. The standard InChI is InChI=1S/C15H21N3O3S/c1-4-6-7-11-8-10(5-2)12(14(19)18-15(16)17)9-13(11)22(3,20)21/h4,6,8-9H,5,7H2,1-3H3,(H4,16,17,18,19). The molecule has 0 spiro atoms. The van der Waals surface area contributed by atoms with Crippen LogP contribution in [-0.4, -0.2) is 26.5 Å². The molecule has 0 heterocycles. The number of aliphatic imine (C=N–C) groups is 1. The van der Waals surface area contributed by atoms with E-state index in [0.717, 1.165) is 6.26 Å². The van der Waals surface area contributed by atoms with Gasteiger partial charge in [-0.15, -0.1) is 0 Å². The Morgan fingerprint density at radius 3 is 2.36 bits per heavy atom. The predicted molar refractivity (Wildman–Crippen MR) is 87.6 cm³/mol. The normalized spacial score (nSPS) is 11.6. The zero-order valence-corrected chi connectivity index (χ0v) is 13.8. The lowest BCUT2D eigenvalue weighted by atomic mass is 9.99. The van der Waals surface area contributed by atoms with Gasteiger partial charge >= 0.3 is 0 Å². The van der Waals surface area contributed by atoms with Gasteiger partial charge in [0.15, 0.2) is 15.8 Å². The second-order valence-corrected chi connectivity index (χ2v) is 6.84. The molecule has 0 saturated heterocycles. The van der Waals surface area contributed by atoms with Gasteiger partial charge < -0.3 is 11.5 Å². The highest BCUT2D eigenvalue weighted by Crippen LogP contribution is 2.24. The molecule has 0 unspecified atom stereocenters. The van der Waals surface area contributed by atoms with Crippen LogP contribution in [0.1, 0.15) is 35.3 Å². The third kappa shape index (κ3) is 4.42. The molecule has 0 aromatic heterocycles. The summed E-state index contributed by atoms with van der Waals surface area (Å²) < 4.78 is 24.0. The Morgan fingerprint density at radius 2 is 1.91 bits per heavy atom. The minimum absolute atomic E-state index is 0.122. The Hall–Kier alpha value is -2.15. The van der Waals surface area contributed by atoms with Crippen molar-refractivity contribution in [1.82, 2.24) is 0 Å². The molecule has 6 nitrogen and oxygen atoms in total. The van der Waals surface area contributed by atoms with E-state index in [1.54, 1.807) is 6.07 Å². The van der Waals surface area contributed by atoms with Crippen molar-refractivity contribution in [3.05, 3.63) is 41.0 Å². The lowest BCUT2D eigenvalue weighted by Gasteiger charge is -2.12. The lowest BCUT2D eigenvalue weighted by Crippen LogP contribution is -2.24. The molecule has 120 valence electrons. The number of nitrogens with zero attached hydrogens (tertiary/aromatic N) is 1. The highest BCUT2D eigenvalue weighted by atomic mass is 32.2. The number of nitrogens with two attached hydrogens (primary N) is 2. The van der Waals surface area contributed by atoms with Crippen LogP contribution in [0.2, 0.25) is 0 Å². The monoisotopic (exact) mass is 323 g/mol. The molecular formula is C15H21N3O3S. The van der Waals surface area contributed by atoms with Crippen molar-refractivity contribution in [2.75, 3.05) is 6.26 Å². The van der Waals surface area contributed by atoms with E-state index in [0.29, 0.717) is 24.0 Å². The zero-order valence-electron chi connectivity index (χ0n) is 13.0. The van der Waals surface area contributed by atoms with Gasteiger partial charge in [0.1, 0.15) is 0 Å². The van der Waals surface area contributed by atoms with Gasteiger partial charge in [0.2, 0.25) is 0 Å². The van der Waals surface area contributed by atoms with E-state index in [4.69, 9.17) is 11.5 Å². The molecule has 0 aliphatic carbocycles. The summed E-state index contributed by atoms with van der Waals surface area (Å²) in [4.78, 5) is 15.7. The first-order chi connectivity index (χ1) is 10.2. The second kappa shape index (κ2) is 7.22. The van der Waals surface area contributed by atoms with Crippen molar-refractivity contribution < 1.29 is 13.2 Å². The topological polar surface area (TPSA) is 116 Å². The van der Waals surface area contributed by atoms with Gasteiger partial charge in [-0.2, -0.15) is 4.99 Å². The molecule has 0 atom stereocenters. The molecule has 0 radical (unpaired) electrons. The Morgan fingerprint density at radius 1 is 1.27 bits per heavy atom. The molecule has 7 heteroatoms. The average molecular weight is 323 g/mol. The van der Waals surface area contributed by atoms with Gasteiger partial charge in [-0.25, -0.2) is 8.42 Å². The van der Waals surface area contributed by atoms with Gasteiger partial charge in [-0.1, -0.05) is 25.1 Å². The van der Waals surface area contributed by atoms with E-state index in [1.807, 2.05) is 26.0 Å². The summed E-state index contributed by atoms with van der Waals surface area (Å²) in [5.41, 5.74) is 12.0. The second-order valence-electron chi connectivity index (χ2n) is 4.86. The SMILES string of the molecule is CC=CCc1cc(CC)c(C(=O)N=C(N)N)cc1S(C)(=O)=O. The van der Waals surface area contributed by atoms with Crippen molar-refractivity contribution >= 4 is 21.7 Å². The van der Waals surface area contributed by atoms with E-state index in [-0.39, 0.29) is 16.4 Å². The van der Waals surface area contributed by atoms with Crippen LogP contribution >= 0.6 is 0 Å². The fourth-order valence-electron chi connectivity index (χ4n) is 2.09. The zero-order chi connectivity index (χ0) is 16.9. The number of benzene rings is 1. The van der Waals surface area contributed by atoms with E-state index >= 15 is 0 Å². The maximum atomic E-state index is 12.1. The molecule has 22 heavy (non-hydrogen) atoms. The van der Waals surface area contributed by atoms with E-state index in [1.165, 1.54) is 6.07 Å². The van der Waals surface area contributed by atoms with Crippen LogP contribution in [-0.2, 0) is 22.7 Å². The minimum atomic E-state index is -3.47. The van der Waals surface area contributed by atoms with Crippen molar-refractivity contribution in [2.45, 2.75) is 31.6 Å². The van der Waals surface area contributed by atoms with Gasteiger partial charge in [0.25, 0.3) is 5.91 Å². The summed E-state index contributed by atoms with van der Waals surface area (Å²) in [6, 6.07) is 3.09. The highest BCUT2D eigenvalue weighted by molar-refractivity contribution is 7.90. The number of carbonyl (C=O) groups excluding carboxylic acids is 1. The molecule has 0 aliphatic rings. The fourth-order valence-corrected chi connectivity index (χ4v) is 3.04. The van der Waals surface area contributed by atoms with Gasteiger partial charge in [0.05, 0.1) is 4.90 Å². The first-order valence-electron chi connectivity index (χ1n) is 6.81. The van der Waals surface area contributed by atoms with Crippen LogP contribution in [0.5, 0.6) is 0 Å². The van der Waals surface area contributed by atoms with Crippen LogP contribution in [0.3, 0.4) is 0 Å². The van der Waals surface area contributed by atoms with E-state index < -0.39 is 15.7 Å². The number of guanidine groups is 1. The molecule has 1 amide bonds. The van der Waals surface area contributed by atoms with Crippen molar-refractivity contribution in [2.24, 2.45) is 16.5 Å². The van der Waals surface area contributed by atoms with Crippen LogP contribution in [0.4, 0.5) is 0 Å². The maximum absolute atomic E-state index is 12.1. The Balaban J connectivity index is 3.60. The fraction of sp³-hybridized carbons (Fsp3) is 0.333. The third-order valence-electron chi connectivity index (χ3n) is 3.10. The molecule has 0 aliphatic heterocycles. The number of aryl methyl sites for hydroxylation is 1. The Bertz CT molecular complexity index is 731. The number of amides is 1. The number of allylic oxidation sites excluding steroid dienone is 2. The van der Waals surface area contributed by atoms with Crippen LogP contribution in [0.25, 0.3) is 0 Å². The average Bonchev–Trinajstić information content (AvgIpc) is 2.42. The van der Waals surface area contributed by atoms with Crippen molar-refractivity contribution in [1.29, 1.82) is 0 Å². The summed E-state index contributed by atoms with van der Waals surface area (Å²) in [5.74, 6) is -0.995. The summed E-state index contributed by atoms with van der Waals surface area (Å²) >= 11 is 0. The number of sulfone groups is 1. The third-order valence-corrected chi connectivity index (χ3v) is 4.28. The molecular weight excluding hydrogens is 302 g/mol. The smallest absolute Gasteiger partial charge is 0.280 e. The molecule has 0 saturated carbocycles. The summed E-state index contributed by atoms with van der Waals surface area (Å²) in [6.07, 6.45) is 5.86. The van der Waals surface area contributed by atoms with Crippen molar-refractivity contribution in [3.8, 4) is 0 Å². The number of hydrogen-bond donors (Lipinski definition) is 2. The lowest BCUT2D eigenvalue weighted by molar-refractivity contribution is 0.100. The Kier molecular flexibility index (Phi) is 5.87. The largest absolute Gasteiger partial charge is 0.370 e. The van der Waals surface area contributed by atoms with Crippen LogP contribution in [0.15, 0.2) is 34.2 Å². The van der Waals surface area contributed by atoms with Gasteiger partial charge in [-0.05, 0) is 37.0 Å². The predicted octanol–water partition coefficient (Wildman–Crippen LogP) is 1.18. The minimum Gasteiger partial charge on any atom is -0.370 e. The first-order valence-corrected chi connectivity index (χ1v) is 8.70. The number of rotatable bonds is 5. The quantitative estimate of drug-likeness (QED) is 0.479.